The molecule has 1 amide bonds. The Morgan fingerprint density at radius 1 is 0.952 bits per heavy atom. The second-order valence-electron chi connectivity index (χ2n) is 10.5. The van der Waals surface area contributed by atoms with E-state index in [1.165, 1.54) is 12.1 Å². The lowest BCUT2D eigenvalue weighted by Gasteiger charge is -2.23. The zero-order chi connectivity index (χ0) is 29.7. The zero-order valence-electron chi connectivity index (χ0n) is 23.2. The molecule has 2 aromatic carbocycles. The summed E-state index contributed by atoms with van der Waals surface area (Å²) >= 11 is 5.74. The van der Waals surface area contributed by atoms with Crippen molar-refractivity contribution in [1.29, 1.82) is 0 Å². The highest BCUT2D eigenvalue weighted by Crippen LogP contribution is 2.37. The molecule has 2 aromatic heterocycles. The number of hydrogen-bond acceptors (Lipinski definition) is 8. The summed E-state index contributed by atoms with van der Waals surface area (Å²) in [6, 6.07) is 22.2. The first-order valence-electron chi connectivity index (χ1n) is 13.4. The zero-order valence-corrected chi connectivity index (χ0v) is 24.7. The van der Waals surface area contributed by atoms with Gasteiger partial charge in [-0.3, -0.25) is 4.79 Å². The van der Waals surface area contributed by atoms with Gasteiger partial charge in [-0.1, -0.05) is 61.8 Å². The van der Waals surface area contributed by atoms with E-state index in [2.05, 4.69) is 9.71 Å². The maximum absolute atomic E-state index is 12.8. The van der Waals surface area contributed by atoms with Crippen LogP contribution >= 0.6 is 11.6 Å². The molecule has 42 heavy (non-hydrogen) atoms. The van der Waals surface area contributed by atoms with Crippen LogP contribution in [0.3, 0.4) is 0 Å². The minimum atomic E-state index is -4.06. The molecule has 5 rings (SSSR count). The standard InChI is InChI=1S/C31H30ClN3O6S/c1-31(2,30(36)35-42(37,38)24-11-13-28(32)33-19-24)14-6-7-15-39-29-18-23(16-25(34-29)21-8-4-3-5-9-21)22-10-12-26-27(17-22)41-20-40-26/h3-5,8-13,16-19H,6-7,14-15,20H2,1-2H3,(H,35,36). The van der Waals surface area contributed by atoms with Gasteiger partial charge in [0.2, 0.25) is 18.6 Å². The number of ether oxygens (including phenoxy) is 3. The number of carbonyl (C=O) groups excluding carboxylic acids is 1. The van der Waals surface area contributed by atoms with Crippen LogP contribution in [0.1, 0.15) is 33.1 Å². The van der Waals surface area contributed by atoms with Crippen molar-refractivity contribution >= 4 is 27.5 Å². The van der Waals surface area contributed by atoms with E-state index in [9.17, 15) is 13.2 Å². The smallest absolute Gasteiger partial charge is 0.265 e. The topological polar surface area (TPSA) is 117 Å². The number of fused-ring (bicyclic) bond motifs is 1. The van der Waals surface area contributed by atoms with Gasteiger partial charge in [-0.2, -0.15) is 0 Å². The molecule has 1 aliphatic rings. The largest absolute Gasteiger partial charge is 0.478 e. The van der Waals surface area contributed by atoms with Gasteiger partial charge >= 0.3 is 0 Å². The van der Waals surface area contributed by atoms with Gasteiger partial charge in [0.05, 0.1) is 12.3 Å². The van der Waals surface area contributed by atoms with Crippen molar-refractivity contribution in [3.8, 4) is 39.8 Å². The Balaban J connectivity index is 1.21. The Morgan fingerprint density at radius 3 is 2.50 bits per heavy atom. The molecule has 218 valence electrons. The summed E-state index contributed by atoms with van der Waals surface area (Å²) in [5.41, 5.74) is 2.68. The third kappa shape index (κ3) is 7.00. The number of rotatable bonds is 11. The van der Waals surface area contributed by atoms with Crippen LogP contribution in [0.5, 0.6) is 17.4 Å². The van der Waals surface area contributed by atoms with Crippen LogP contribution in [0.4, 0.5) is 0 Å². The summed E-state index contributed by atoms with van der Waals surface area (Å²) in [6.45, 7) is 3.99. The Labute approximate surface area is 249 Å². The monoisotopic (exact) mass is 607 g/mol. The predicted molar refractivity (Wildman–Crippen MR) is 159 cm³/mol. The third-order valence-corrected chi connectivity index (χ3v) is 8.42. The van der Waals surface area contributed by atoms with Crippen LogP contribution in [-0.4, -0.2) is 37.7 Å². The average Bonchev–Trinajstić information content (AvgIpc) is 3.45. The molecule has 0 fully saturated rings. The molecule has 3 heterocycles. The van der Waals surface area contributed by atoms with E-state index < -0.39 is 21.3 Å². The van der Waals surface area contributed by atoms with Crippen LogP contribution in [-0.2, 0) is 14.8 Å². The summed E-state index contributed by atoms with van der Waals surface area (Å²) in [5, 5.41) is 0.161. The summed E-state index contributed by atoms with van der Waals surface area (Å²) in [4.78, 5) is 21.2. The van der Waals surface area contributed by atoms with Gasteiger partial charge in [-0.15, -0.1) is 0 Å². The normalized spacial score (nSPS) is 12.6. The number of sulfonamides is 1. The fourth-order valence-corrected chi connectivity index (χ4v) is 5.57. The van der Waals surface area contributed by atoms with Crippen molar-refractivity contribution < 1.29 is 27.4 Å². The highest BCUT2D eigenvalue weighted by molar-refractivity contribution is 7.90. The number of unbranched alkanes of at least 4 members (excludes halogenated alkanes) is 1. The van der Waals surface area contributed by atoms with E-state index in [0.29, 0.717) is 43.2 Å². The van der Waals surface area contributed by atoms with Gasteiger partial charge in [0, 0.05) is 23.2 Å². The van der Waals surface area contributed by atoms with E-state index in [1.807, 2.05) is 60.7 Å². The molecule has 4 aromatic rings. The number of aromatic nitrogens is 2. The van der Waals surface area contributed by atoms with E-state index in [1.54, 1.807) is 13.8 Å². The number of halogens is 1. The van der Waals surface area contributed by atoms with Gasteiger partial charge in [0.1, 0.15) is 10.0 Å². The molecule has 0 saturated heterocycles. The average molecular weight is 608 g/mol. The van der Waals surface area contributed by atoms with Gasteiger partial charge in [0.25, 0.3) is 10.0 Å². The van der Waals surface area contributed by atoms with Gasteiger partial charge in [0.15, 0.2) is 11.5 Å². The molecule has 0 atom stereocenters. The van der Waals surface area contributed by atoms with Crippen LogP contribution in [0.25, 0.3) is 22.4 Å². The molecule has 0 aliphatic carbocycles. The fraction of sp³-hybridized carbons (Fsp3) is 0.258. The van der Waals surface area contributed by atoms with E-state index in [4.69, 9.17) is 30.8 Å². The molecule has 9 nitrogen and oxygen atoms in total. The van der Waals surface area contributed by atoms with Crippen molar-refractivity contribution in [2.24, 2.45) is 5.41 Å². The number of carbonyl (C=O) groups is 1. The Kier molecular flexibility index (Phi) is 8.65. The first-order valence-corrected chi connectivity index (χ1v) is 15.3. The number of hydrogen-bond donors (Lipinski definition) is 1. The highest BCUT2D eigenvalue weighted by Gasteiger charge is 2.31. The molecule has 0 bridgehead atoms. The van der Waals surface area contributed by atoms with E-state index in [0.717, 1.165) is 28.6 Å². The van der Waals surface area contributed by atoms with Gasteiger partial charge in [-0.25, -0.2) is 23.1 Å². The van der Waals surface area contributed by atoms with Crippen LogP contribution < -0.4 is 18.9 Å². The number of benzene rings is 2. The summed E-state index contributed by atoms with van der Waals surface area (Å²) < 4.78 is 44.4. The quantitative estimate of drug-likeness (QED) is 0.157. The van der Waals surface area contributed by atoms with Crippen molar-refractivity contribution in [3.05, 3.63) is 84.1 Å². The van der Waals surface area contributed by atoms with Crippen molar-refractivity contribution in [1.82, 2.24) is 14.7 Å². The Morgan fingerprint density at radius 2 is 1.74 bits per heavy atom. The second-order valence-corrected chi connectivity index (χ2v) is 12.5. The lowest BCUT2D eigenvalue weighted by Crippen LogP contribution is -2.40. The Bertz CT molecular complexity index is 1680. The molecular weight excluding hydrogens is 578 g/mol. The van der Waals surface area contributed by atoms with Crippen LogP contribution in [0.15, 0.2) is 83.9 Å². The van der Waals surface area contributed by atoms with Gasteiger partial charge in [-0.05, 0) is 60.7 Å². The molecule has 1 N–H and O–H groups in total. The minimum Gasteiger partial charge on any atom is -0.478 e. The number of amides is 1. The number of nitrogens with zero attached hydrogens (tertiary/aromatic N) is 2. The van der Waals surface area contributed by atoms with Gasteiger partial charge < -0.3 is 14.2 Å². The summed E-state index contributed by atoms with van der Waals surface area (Å²) in [7, 11) is -4.06. The predicted octanol–water partition coefficient (Wildman–Crippen LogP) is 6.27. The van der Waals surface area contributed by atoms with Crippen LogP contribution in [0, 0.1) is 5.41 Å². The van der Waals surface area contributed by atoms with Crippen molar-refractivity contribution in [3.63, 3.8) is 0 Å². The van der Waals surface area contributed by atoms with E-state index >= 15 is 0 Å². The molecule has 1 aliphatic heterocycles. The molecule has 0 radical (unpaired) electrons. The lowest BCUT2D eigenvalue weighted by molar-refractivity contribution is -0.127. The number of pyridine rings is 2. The second kappa shape index (κ2) is 12.4. The van der Waals surface area contributed by atoms with Crippen molar-refractivity contribution in [2.75, 3.05) is 13.4 Å². The summed E-state index contributed by atoms with van der Waals surface area (Å²) in [5.74, 6) is 1.29. The SMILES string of the molecule is CC(C)(CCCCOc1cc(-c2ccc3c(c2)OCO3)cc(-c2ccccc2)n1)C(=O)NS(=O)(=O)c1ccc(Cl)nc1. The number of nitrogens with one attached hydrogen (secondary N) is 1. The van der Waals surface area contributed by atoms with E-state index in [-0.39, 0.29) is 16.8 Å². The maximum atomic E-state index is 12.8. The summed E-state index contributed by atoms with van der Waals surface area (Å²) in [6.07, 6.45) is 2.84. The fourth-order valence-electron chi connectivity index (χ4n) is 4.38. The Hall–Kier alpha value is -4.15. The lowest BCUT2D eigenvalue weighted by atomic mass is 9.86. The first kappa shape index (κ1) is 29.3. The van der Waals surface area contributed by atoms with Crippen molar-refractivity contribution in [2.45, 2.75) is 38.0 Å². The molecule has 11 heteroatoms. The molecule has 0 unspecified atom stereocenters. The minimum absolute atomic E-state index is 0.130. The maximum Gasteiger partial charge on any atom is 0.265 e. The van der Waals surface area contributed by atoms with Crippen LogP contribution in [0.2, 0.25) is 5.15 Å². The molecular formula is C31H30ClN3O6S. The highest BCUT2D eigenvalue weighted by atomic mass is 35.5. The third-order valence-electron chi connectivity index (χ3n) is 6.88. The molecule has 0 saturated carbocycles. The molecule has 0 spiro atoms. The first-order chi connectivity index (χ1) is 20.1.